The lowest BCUT2D eigenvalue weighted by atomic mass is 10.2. The van der Waals surface area contributed by atoms with Crippen molar-refractivity contribution < 1.29 is 4.79 Å². The zero-order valence-electron chi connectivity index (χ0n) is 13.3. The van der Waals surface area contributed by atoms with Crippen LogP contribution in [0.5, 0.6) is 0 Å². The molecule has 0 saturated heterocycles. The summed E-state index contributed by atoms with van der Waals surface area (Å²) in [6.07, 6.45) is 1.63. The van der Waals surface area contributed by atoms with E-state index in [4.69, 9.17) is 11.6 Å². The van der Waals surface area contributed by atoms with Gasteiger partial charge in [-0.05, 0) is 43.9 Å². The highest BCUT2D eigenvalue weighted by Crippen LogP contribution is 2.13. The van der Waals surface area contributed by atoms with E-state index in [1.165, 1.54) is 0 Å². The minimum Gasteiger partial charge on any atom is -0.381 e. The van der Waals surface area contributed by atoms with Crippen LogP contribution >= 0.6 is 11.6 Å². The Balaban J connectivity index is 1.91. The third-order valence-electron chi connectivity index (χ3n) is 3.25. The van der Waals surface area contributed by atoms with Gasteiger partial charge >= 0.3 is 0 Å². The van der Waals surface area contributed by atoms with Crippen molar-refractivity contribution in [2.75, 3.05) is 32.5 Å². The number of aromatic nitrogens is 1. The third-order valence-corrected chi connectivity index (χ3v) is 3.50. The number of carbonyl (C=O) groups excluding carboxylic acids is 1. The number of carbonyl (C=O) groups is 1. The van der Waals surface area contributed by atoms with Crippen LogP contribution in [-0.4, -0.2) is 43.0 Å². The van der Waals surface area contributed by atoms with E-state index in [1.807, 2.05) is 49.3 Å². The van der Waals surface area contributed by atoms with Gasteiger partial charge in [-0.3, -0.25) is 9.78 Å². The number of hydrogen-bond donors (Lipinski definition) is 2. The fourth-order valence-corrected chi connectivity index (χ4v) is 2.08. The number of hydrogen-bond acceptors (Lipinski definition) is 4. The summed E-state index contributed by atoms with van der Waals surface area (Å²) in [6.45, 7) is 2.04. The predicted molar refractivity (Wildman–Crippen MR) is 93.9 cm³/mol. The first kappa shape index (κ1) is 17.2. The van der Waals surface area contributed by atoms with E-state index in [0.717, 1.165) is 17.8 Å². The van der Waals surface area contributed by atoms with Crippen molar-refractivity contribution in [2.24, 2.45) is 0 Å². The van der Waals surface area contributed by atoms with Crippen LogP contribution in [0.1, 0.15) is 16.1 Å². The molecule has 0 aliphatic rings. The first-order valence-corrected chi connectivity index (χ1v) is 7.79. The van der Waals surface area contributed by atoms with Crippen LogP contribution in [0.4, 0.5) is 5.69 Å². The maximum Gasteiger partial charge on any atom is 0.269 e. The van der Waals surface area contributed by atoms with Crippen LogP contribution in [-0.2, 0) is 6.54 Å². The highest BCUT2D eigenvalue weighted by molar-refractivity contribution is 6.30. The predicted octanol–water partition coefficient (Wildman–Crippen LogP) is 2.64. The van der Waals surface area contributed by atoms with Gasteiger partial charge in [-0.15, -0.1) is 0 Å². The molecule has 122 valence electrons. The summed E-state index contributed by atoms with van der Waals surface area (Å²) in [7, 11) is 3.93. The second-order valence-corrected chi connectivity index (χ2v) is 5.91. The summed E-state index contributed by atoms with van der Waals surface area (Å²) >= 11 is 5.87. The van der Waals surface area contributed by atoms with Gasteiger partial charge in [0.15, 0.2) is 0 Å². The van der Waals surface area contributed by atoms with Gasteiger partial charge in [0.25, 0.3) is 5.91 Å². The van der Waals surface area contributed by atoms with E-state index >= 15 is 0 Å². The van der Waals surface area contributed by atoms with Crippen LogP contribution in [0.25, 0.3) is 0 Å². The minimum absolute atomic E-state index is 0.165. The minimum atomic E-state index is -0.165. The second kappa shape index (κ2) is 8.50. The smallest absolute Gasteiger partial charge is 0.269 e. The molecule has 0 fully saturated rings. The number of benzene rings is 1. The molecule has 5 nitrogen and oxygen atoms in total. The number of halogens is 1. The second-order valence-electron chi connectivity index (χ2n) is 5.47. The van der Waals surface area contributed by atoms with E-state index in [2.05, 4.69) is 15.6 Å². The molecule has 1 heterocycles. The number of nitrogens with zero attached hydrogens (tertiary/aromatic N) is 2. The van der Waals surface area contributed by atoms with E-state index in [1.54, 1.807) is 12.3 Å². The van der Waals surface area contributed by atoms with Crippen molar-refractivity contribution in [2.45, 2.75) is 6.54 Å². The molecule has 2 rings (SSSR count). The number of anilines is 1. The molecule has 2 N–H and O–H groups in total. The van der Waals surface area contributed by atoms with Gasteiger partial charge in [0.05, 0.1) is 0 Å². The Kier molecular flexibility index (Phi) is 6.38. The van der Waals surface area contributed by atoms with Gasteiger partial charge in [0.1, 0.15) is 5.69 Å². The summed E-state index contributed by atoms with van der Waals surface area (Å²) in [5.74, 6) is -0.165. The van der Waals surface area contributed by atoms with Gasteiger partial charge in [0, 0.05) is 36.5 Å². The molecule has 0 unspecified atom stereocenters. The molecule has 6 heteroatoms. The van der Waals surface area contributed by atoms with Crippen molar-refractivity contribution >= 4 is 23.2 Å². The lowest BCUT2D eigenvalue weighted by molar-refractivity contribution is 0.0946. The fourth-order valence-electron chi connectivity index (χ4n) is 1.95. The zero-order valence-corrected chi connectivity index (χ0v) is 14.1. The van der Waals surface area contributed by atoms with Crippen LogP contribution in [0.15, 0.2) is 42.6 Å². The molecular weight excluding hydrogens is 312 g/mol. The highest BCUT2D eigenvalue weighted by Gasteiger charge is 2.07. The highest BCUT2D eigenvalue weighted by atomic mass is 35.5. The average molecular weight is 333 g/mol. The van der Waals surface area contributed by atoms with Crippen LogP contribution in [0.3, 0.4) is 0 Å². The monoisotopic (exact) mass is 332 g/mol. The third kappa shape index (κ3) is 5.88. The van der Waals surface area contributed by atoms with E-state index in [0.29, 0.717) is 23.8 Å². The quantitative estimate of drug-likeness (QED) is 0.818. The Labute approximate surface area is 141 Å². The normalized spacial score (nSPS) is 10.6. The summed E-state index contributed by atoms with van der Waals surface area (Å²) in [4.78, 5) is 18.2. The summed E-state index contributed by atoms with van der Waals surface area (Å²) in [5.41, 5.74) is 2.38. The molecule has 1 aromatic heterocycles. The molecule has 0 spiro atoms. The topological polar surface area (TPSA) is 57.3 Å². The Morgan fingerprint density at radius 1 is 1.22 bits per heavy atom. The molecule has 0 aliphatic carbocycles. The summed E-state index contributed by atoms with van der Waals surface area (Å²) in [6, 6.07) is 11.2. The molecule has 0 bridgehead atoms. The van der Waals surface area contributed by atoms with E-state index in [-0.39, 0.29) is 5.91 Å². The number of likely N-dealkylation sites (N-methyl/N-ethyl adjacent to an activating group) is 1. The SMILES string of the molecule is CN(C)CCNC(=O)c1cc(NCc2ccc(Cl)cc2)ccn1. The summed E-state index contributed by atoms with van der Waals surface area (Å²) < 4.78 is 0. The lowest BCUT2D eigenvalue weighted by Gasteiger charge is -2.11. The molecule has 23 heavy (non-hydrogen) atoms. The molecule has 0 radical (unpaired) electrons. The van der Waals surface area contributed by atoms with Crippen molar-refractivity contribution in [3.63, 3.8) is 0 Å². The number of nitrogens with one attached hydrogen (secondary N) is 2. The number of amides is 1. The maximum absolute atomic E-state index is 12.1. The average Bonchev–Trinajstić information content (AvgIpc) is 2.54. The molecule has 1 amide bonds. The Morgan fingerprint density at radius 2 is 1.96 bits per heavy atom. The zero-order chi connectivity index (χ0) is 16.7. The van der Waals surface area contributed by atoms with Crippen LogP contribution in [0, 0.1) is 0 Å². The lowest BCUT2D eigenvalue weighted by Crippen LogP contribution is -2.31. The Hall–Kier alpha value is -2.11. The van der Waals surface area contributed by atoms with E-state index in [9.17, 15) is 4.79 Å². The van der Waals surface area contributed by atoms with Crippen molar-refractivity contribution in [3.8, 4) is 0 Å². The summed E-state index contributed by atoms with van der Waals surface area (Å²) in [5, 5.41) is 6.85. The Bertz CT molecular complexity index is 643. The number of pyridine rings is 1. The van der Waals surface area contributed by atoms with Crippen molar-refractivity contribution in [3.05, 3.63) is 58.9 Å². The van der Waals surface area contributed by atoms with Gasteiger partial charge in [-0.1, -0.05) is 23.7 Å². The van der Waals surface area contributed by atoms with Crippen LogP contribution in [0.2, 0.25) is 5.02 Å². The standard InChI is InChI=1S/C17H21ClN4O/c1-22(2)10-9-20-17(23)16-11-15(7-8-19-16)21-12-13-3-5-14(18)6-4-13/h3-8,11H,9-10,12H2,1-2H3,(H,19,21)(H,20,23). The van der Waals surface area contributed by atoms with Crippen molar-refractivity contribution in [1.82, 2.24) is 15.2 Å². The molecule has 1 aromatic carbocycles. The molecular formula is C17H21ClN4O. The van der Waals surface area contributed by atoms with Gasteiger partial charge < -0.3 is 15.5 Å². The molecule has 0 atom stereocenters. The van der Waals surface area contributed by atoms with Crippen LogP contribution < -0.4 is 10.6 Å². The molecule has 0 aliphatic heterocycles. The van der Waals surface area contributed by atoms with Gasteiger partial charge in [-0.2, -0.15) is 0 Å². The number of rotatable bonds is 7. The Morgan fingerprint density at radius 3 is 2.65 bits per heavy atom. The van der Waals surface area contributed by atoms with E-state index < -0.39 is 0 Å². The first-order valence-electron chi connectivity index (χ1n) is 7.42. The van der Waals surface area contributed by atoms with Gasteiger partial charge in [0.2, 0.25) is 0 Å². The molecule has 0 saturated carbocycles. The molecule has 2 aromatic rings. The fraction of sp³-hybridized carbons (Fsp3) is 0.294. The first-order chi connectivity index (χ1) is 11.0. The maximum atomic E-state index is 12.1. The van der Waals surface area contributed by atoms with Crippen molar-refractivity contribution in [1.29, 1.82) is 0 Å². The largest absolute Gasteiger partial charge is 0.381 e. The van der Waals surface area contributed by atoms with Gasteiger partial charge in [-0.25, -0.2) is 0 Å².